The average molecular weight is 332 g/mol. The molecule has 1 aliphatic rings. The number of benzene rings is 1. The van der Waals surface area contributed by atoms with Crippen LogP contribution in [0.15, 0.2) is 22.7 Å². The highest BCUT2D eigenvalue weighted by molar-refractivity contribution is 9.10. The van der Waals surface area contributed by atoms with Crippen LogP contribution in [0.4, 0.5) is 0 Å². The first-order chi connectivity index (χ1) is 8.69. The van der Waals surface area contributed by atoms with Crippen LogP contribution in [-0.2, 0) is 6.54 Å². The lowest BCUT2D eigenvalue weighted by atomic mass is 9.93. The van der Waals surface area contributed by atoms with E-state index in [2.05, 4.69) is 26.9 Å². The molecular weight excluding hydrogens is 312 g/mol. The molecule has 2 nitrogen and oxygen atoms in total. The Labute approximate surface area is 123 Å². The lowest BCUT2D eigenvalue weighted by molar-refractivity contribution is 0.173. The Morgan fingerprint density at radius 3 is 2.72 bits per heavy atom. The molecule has 1 heterocycles. The van der Waals surface area contributed by atoms with E-state index < -0.39 is 0 Å². The predicted molar refractivity (Wildman–Crippen MR) is 80.8 cm³/mol. The summed E-state index contributed by atoms with van der Waals surface area (Å²) in [5, 5.41) is 0.811. The number of likely N-dealkylation sites (tertiary alicyclic amines) is 1. The van der Waals surface area contributed by atoms with Crippen molar-refractivity contribution >= 4 is 27.5 Å². The third kappa shape index (κ3) is 3.95. The van der Waals surface area contributed by atoms with Crippen molar-refractivity contribution in [1.29, 1.82) is 0 Å². The van der Waals surface area contributed by atoms with Crippen LogP contribution in [0.3, 0.4) is 0 Å². The summed E-state index contributed by atoms with van der Waals surface area (Å²) in [6.45, 7) is 4.15. The third-order valence-electron chi connectivity index (χ3n) is 3.68. The van der Waals surface area contributed by atoms with Gasteiger partial charge in [-0.15, -0.1) is 0 Å². The number of rotatable bonds is 4. The Bertz CT molecular complexity index is 389. The maximum absolute atomic E-state index is 6.05. The van der Waals surface area contributed by atoms with Crippen LogP contribution in [0.2, 0.25) is 5.02 Å². The summed E-state index contributed by atoms with van der Waals surface area (Å²) in [4.78, 5) is 2.50. The summed E-state index contributed by atoms with van der Waals surface area (Å²) in [6.07, 6.45) is 3.72. The fourth-order valence-corrected chi connectivity index (χ4v) is 3.14. The first-order valence-electron chi connectivity index (χ1n) is 6.55. The van der Waals surface area contributed by atoms with Gasteiger partial charge in [-0.3, -0.25) is 4.90 Å². The fourth-order valence-electron chi connectivity index (χ4n) is 2.57. The highest BCUT2D eigenvalue weighted by Crippen LogP contribution is 2.25. The fraction of sp³-hybridized carbons (Fsp3) is 0.571. The normalized spacial score (nSPS) is 18.2. The van der Waals surface area contributed by atoms with E-state index in [1.807, 2.05) is 12.1 Å². The van der Waals surface area contributed by atoms with E-state index in [1.165, 1.54) is 37.9 Å². The van der Waals surface area contributed by atoms with Gasteiger partial charge < -0.3 is 5.73 Å². The molecule has 0 amide bonds. The van der Waals surface area contributed by atoms with Gasteiger partial charge in [0, 0.05) is 16.0 Å². The highest BCUT2D eigenvalue weighted by Gasteiger charge is 2.19. The minimum Gasteiger partial charge on any atom is -0.330 e. The van der Waals surface area contributed by atoms with Gasteiger partial charge in [0.1, 0.15) is 0 Å². The summed E-state index contributed by atoms with van der Waals surface area (Å²) in [5.41, 5.74) is 6.90. The zero-order valence-corrected chi connectivity index (χ0v) is 12.9. The Morgan fingerprint density at radius 1 is 1.33 bits per heavy atom. The SMILES string of the molecule is NCCC1CCN(Cc2cc(Cl)ccc2Br)CC1. The van der Waals surface area contributed by atoms with Crippen molar-refractivity contribution < 1.29 is 0 Å². The number of hydrogen-bond donors (Lipinski definition) is 1. The second-order valence-electron chi connectivity index (χ2n) is 5.03. The summed E-state index contributed by atoms with van der Waals surface area (Å²) in [5.74, 6) is 0.828. The van der Waals surface area contributed by atoms with Gasteiger partial charge in [0.15, 0.2) is 0 Å². The molecule has 1 aliphatic heterocycles. The Balaban J connectivity index is 1.89. The maximum Gasteiger partial charge on any atom is 0.0410 e. The maximum atomic E-state index is 6.05. The molecular formula is C14H20BrClN2. The van der Waals surface area contributed by atoms with Crippen molar-refractivity contribution in [2.45, 2.75) is 25.8 Å². The molecule has 0 atom stereocenters. The first kappa shape index (κ1) is 14.3. The van der Waals surface area contributed by atoms with Crippen molar-refractivity contribution in [2.24, 2.45) is 11.7 Å². The molecule has 2 N–H and O–H groups in total. The lowest BCUT2D eigenvalue weighted by Gasteiger charge is -2.32. The monoisotopic (exact) mass is 330 g/mol. The first-order valence-corrected chi connectivity index (χ1v) is 7.72. The second-order valence-corrected chi connectivity index (χ2v) is 6.32. The molecule has 0 saturated carbocycles. The van der Waals surface area contributed by atoms with Crippen molar-refractivity contribution in [2.75, 3.05) is 19.6 Å². The van der Waals surface area contributed by atoms with E-state index in [9.17, 15) is 0 Å². The molecule has 0 unspecified atom stereocenters. The van der Waals surface area contributed by atoms with Crippen LogP contribution in [0, 0.1) is 5.92 Å². The number of halogens is 2. The largest absolute Gasteiger partial charge is 0.330 e. The van der Waals surface area contributed by atoms with E-state index in [1.54, 1.807) is 0 Å². The minimum atomic E-state index is 0.811. The van der Waals surface area contributed by atoms with E-state index in [0.29, 0.717) is 0 Å². The number of nitrogens with zero attached hydrogens (tertiary/aromatic N) is 1. The number of hydrogen-bond acceptors (Lipinski definition) is 2. The molecule has 100 valence electrons. The van der Waals surface area contributed by atoms with Crippen LogP contribution < -0.4 is 5.73 Å². The van der Waals surface area contributed by atoms with Crippen LogP contribution in [-0.4, -0.2) is 24.5 Å². The molecule has 2 rings (SSSR count). The molecule has 1 aromatic rings. The molecule has 0 radical (unpaired) electrons. The summed E-state index contributed by atoms with van der Waals surface area (Å²) < 4.78 is 1.15. The molecule has 0 spiro atoms. The van der Waals surface area contributed by atoms with Crippen molar-refractivity contribution in [1.82, 2.24) is 4.90 Å². The molecule has 4 heteroatoms. The smallest absolute Gasteiger partial charge is 0.0410 e. The van der Waals surface area contributed by atoms with Crippen LogP contribution in [0.25, 0.3) is 0 Å². The molecule has 0 aromatic heterocycles. The van der Waals surface area contributed by atoms with Gasteiger partial charge in [-0.2, -0.15) is 0 Å². The number of piperidine rings is 1. The van der Waals surface area contributed by atoms with Gasteiger partial charge in [-0.25, -0.2) is 0 Å². The predicted octanol–water partition coefficient (Wildman–Crippen LogP) is 3.66. The van der Waals surface area contributed by atoms with Gasteiger partial charge >= 0.3 is 0 Å². The summed E-state index contributed by atoms with van der Waals surface area (Å²) in [7, 11) is 0. The summed E-state index contributed by atoms with van der Waals surface area (Å²) >= 11 is 9.64. The highest BCUT2D eigenvalue weighted by atomic mass is 79.9. The second kappa shape index (κ2) is 6.90. The van der Waals surface area contributed by atoms with Gasteiger partial charge in [0.25, 0.3) is 0 Å². The lowest BCUT2D eigenvalue weighted by Crippen LogP contribution is -2.33. The topological polar surface area (TPSA) is 29.3 Å². The molecule has 0 aliphatic carbocycles. The average Bonchev–Trinajstić information content (AvgIpc) is 2.37. The Morgan fingerprint density at radius 2 is 2.06 bits per heavy atom. The Hall–Kier alpha value is -0.0900. The molecule has 18 heavy (non-hydrogen) atoms. The quantitative estimate of drug-likeness (QED) is 0.912. The van der Waals surface area contributed by atoms with E-state index in [0.717, 1.165) is 28.5 Å². The van der Waals surface area contributed by atoms with Gasteiger partial charge in [-0.1, -0.05) is 27.5 Å². The van der Waals surface area contributed by atoms with Crippen LogP contribution in [0.5, 0.6) is 0 Å². The van der Waals surface area contributed by atoms with Crippen molar-refractivity contribution in [3.8, 4) is 0 Å². The molecule has 0 bridgehead atoms. The van der Waals surface area contributed by atoms with Gasteiger partial charge in [0.2, 0.25) is 0 Å². The zero-order valence-electron chi connectivity index (χ0n) is 10.5. The standard InChI is InChI=1S/C14H20BrClN2/c15-14-2-1-13(16)9-12(14)10-18-7-4-11(3-6-17)5-8-18/h1-2,9,11H,3-8,10,17H2. The van der Waals surface area contributed by atoms with Gasteiger partial charge in [-0.05, 0) is 68.6 Å². The Kier molecular flexibility index (Phi) is 5.49. The van der Waals surface area contributed by atoms with E-state index >= 15 is 0 Å². The summed E-state index contributed by atoms with van der Waals surface area (Å²) in [6, 6.07) is 6.00. The van der Waals surface area contributed by atoms with Crippen LogP contribution >= 0.6 is 27.5 Å². The van der Waals surface area contributed by atoms with E-state index in [-0.39, 0.29) is 0 Å². The minimum absolute atomic E-state index is 0.811. The molecule has 1 fully saturated rings. The van der Waals surface area contributed by atoms with Crippen molar-refractivity contribution in [3.05, 3.63) is 33.3 Å². The molecule has 1 aromatic carbocycles. The van der Waals surface area contributed by atoms with E-state index in [4.69, 9.17) is 17.3 Å². The van der Waals surface area contributed by atoms with Crippen LogP contribution in [0.1, 0.15) is 24.8 Å². The molecule has 1 saturated heterocycles. The third-order valence-corrected chi connectivity index (χ3v) is 4.69. The number of nitrogens with two attached hydrogens (primary N) is 1. The zero-order chi connectivity index (χ0) is 13.0. The van der Waals surface area contributed by atoms with Crippen molar-refractivity contribution in [3.63, 3.8) is 0 Å². The van der Waals surface area contributed by atoms with Gasteiger partial charge in [0.05, 0.1) is 0 Å².